The van der Waals surface area contributed by atoms with Crippen molar-refractivity contribution in [3.05, 3.63) is 48.5 Å². The van der Waals surface area contributed by atoms with E-state index in [2.05, 4.69) is 14.9 Å². The maximum atomic E-state index is 13.0. The summed E-state index contributed by atoms with van der Waals surface area (Å²) in [5.41, 5.74) is 0.881. The molecule has 2 aromatic carbocycles. The van der Waals surface area contributed by atoms with E-state index in [1.165, 1.54) is 18.2 Å². The molecule has 2 aromatic rings. The van der Waals surface area contributed by atoms with Crippen LogP contribution < -0.4 is 18.8 Å². The highest BCUT2D eigenvalue weighted by Gasteiger charge is 2.27. The fourth-order valence-corrected chi connectivity index (χ4v) is 5.11. The number of hydrogen-bond donors (Lipinski definition) is 2. The van der Waals surface area contributed by atoms with E-state index in [0.717, 1.165) is 44.5 Å². The highest BCUT2D eigenvalue weighted by molar-refractivity contribution is 7.94. The Labute approximate surface area is 176 Å². The minimum absolute atomic E-state index is 0.00433. The minimum atomic E-state index is -4.09. The summed E-state index contributed by atoms with van der Waals surface area (Å²) in [6.45, 7) is 3.23. The molecule has 0 radical (unpaired) electrons. The van der Waals surface area contributed by atoms with Crippen LogP contribution in [0.2, 0.25) is 0 Å². The highest BCUT2D eigenvalue weighted by atomic mass is 35.5. The van der Waals surface area contributed by atoms with E-state index in [-0.39, 0.29) is 16.3 Å². The molecule has 1 aliphatic rings. The van der Waals surface area contributed by atoms with Gasteiger partial charge in [0.2, 0.25) is 10.0 Å². The average Bonchev–Trinajstić information content (AvgIpc) is 2.97. The molecule has 8 nitrogen and oxygen atoms in total. The summed E-state index contributed by atoms with van der Waals surface area (Å²) in [5, 5.41) is 3.31. The minimum Gasteiger partial charge on any atom is -0.370 e. The van der Waals surface area contributed by atoms with Crippen LogP contribution in [0.5, 0.6) is 0 Å². The molecular formula is C18H23ClN4O4S2. The summed E-state index contributed by atoms with van der Waals surface area (Å²) in [6, 6.07) is 12.6. The predicted molar refractivity (Wildman–Crippen MR) is 117 cm³/mol. The molecule has 0 unspecified atom stereocenters. The Morgan fingerprint density at radius 2 is 1.76 bits per heavy atom. The lowest BCUT2D eigenvalue weighted by Gasteiger charge is -2.26. The molecule has 158 valence electrons. The van der Waals surface area contributed by atoms with E-state index in [1.807, 2.05) is 0 Å². The number of rotatable bonds is 6. The molecule has 2 N–H and O–H groups in total. The second kappa shape index (κ2) is 8.78. The van der Waals surface area contributed by atoms with Crippen molar-refractivity contribution in [1.82, 2.24) is 5.32 Å². The summed E-state index contributed by atoms with van der Waals surface area (Å²) in [6.07, 6.45) is 1.93. The Morgan fingerprint density at radius 1 is 1.03 bits per heavy atom. The highest BCUT2D eigenvalue weighted by Crippen LogP contribution is 2.36. The van der Waals surface area contributed by atoms with Gasteiger partial charge in [0.05, 0.1) is 22.5 Å². The third kappa shape index (κ3) is 5.33. The molecule has 1 saturated heterocycles. The van der Waals surface area contributed by atoms with Crippen molar-refractivity contribution in [2.24, 2.45) is 0 Å². The van der Waals surface area contributed by atoms with Crippen molar-refractivity contribution in [3.8, 4) is 0 Å². The number of nitrogens with one attached hydrogen (secondary N) is 2. The first kappa shape index (κ1) is 21.7. The maximum Gasteiger partial charge on any atom is 0.278 e. The first-order valence-electron chi connectivity index (χ1n) is 9.02. The van der Waals surface area contributed by atoms with Crippen molar-refractivity contribution in [2.45, 2.75) is 11.3 Å². The van der Waals surface area contributed by atoms with Crippen LogP contribution in [0.1, 0.15) is 6.42 Å². The number of hydrogen-bond acceptors (Lipinski definition) is 6. The van der Waals surface area contributed by atoms with Gasteiger partial charge in [0.25, 0.3) is 10.0 Å². The number of nitrogens with zero attached hydrogens (tertiary/aromatic N) is 2. The molecule has 0 saturated carbocycles. The Kier molecular flexibility index (Phi) is 6.57. The third-order valence-electron chi connectivity index (χ3n) is 4.42. The van der Waals surface area contributed by atoms with Crippen molar-refractivity contribution in [2.75, 3.05) is 45.9 Å². The molecule has 11 heteroatoms. The quantitative estimate of drug-likeness (QED) is 0.644. The second-order valence-electron chi connectivity index (χ2n) is 6.70. The fraction of sp³-hybridized carbons (Fsp3) is 0.333. The van der Waals surface area contributed by atoms with Gasteiger partial charge in [0, 0.05) is 37.1 Å². The summed E-state index contributed by atoms with van der Waals surface area (Å²) in [4.78, 5) is 2.11. The molecule has 0 aromatic heterocycles. The van der Waals surface area contributed by atoms with E-state index < -0.39 is 20.0 Å². The zero-order valence-electron chi connectivity index (χ0n) is 15.9. The molecular weight excluding hydrogens is 436 g/mol. The lowest BCUT2D eigenvalue weighted by atomic mass is 10.2. The lowest BCUT2D eigenvalue weighted by molar-refractivity contribution is 0.597. The van der Waals surface area contributed by atoms with Gasteiger partial charge in [-0.05, 0) is 43.3 Å². The van der Waals surface area contributed by atoms with Crippen molar-refractivity contribution >= 4 is 48.9 Å². The van der Waals surface area contributed by atoms with Crippen LogP contribution in [0.4, 0.5) is 17.1 Å². The molecule has 29 heavy (non-hydrogen) atoms. The topological polar surface area (TPSA) is 98.8 Å². The van der Waals surface area contributed by atoms with E-state index in [9.17, 15) is 16.8 Å². The van der Waals surface area contributed by atoms with Gasteiger partial charge in [0.1, 0.15) is 0 Å². The number of sulfonamides is 2. The van der Waals surface area contributed by atoms with Crippen molar-refractivity contribution in [1.29, 1.82) is 0 Å². The standard InChI is InChI=1S/C18H23ClN4O4S2/c1-28(24,25)21-17-9-8-15(22-12-5-10-20-11-13-22)14-18(17)23(19)29(26,27)16-6-3-2-4-7-16/h2-4,6-9,14,20-21H,5,10-13H2,1H3. The van der Waals surface area contributed by atoms with E-state index in [1.54, 1.807) is 30.3 Å². The molecule has 0 bridgehead atoms. The van der Waals surface area contributed by atoms with Gasteiger partial charge >= 0.3 is 0 Å². The van der Waals surface area contributed by atoms with Gasteiger partial charge in [0.15, 0.2) is 0 Å². The predicted octanol–water partition coefficient (Wildman–Crippen LogP) is 2.21. The summed E-state index contributed by atoms with van der Waals surface area (Å²) >= 11 is 6.29. The van der Waals surface area contributed by atoms with Crippen LogP contribution in [-0.2, 0) is 20.0 Å². The Hall–Kier alpha value is -2.01. The molecule has 1 fully saturated rings. The monoisotopic (exact) mass is 458 g/mol. The van der Waals surface area contributed by atoms with E-state index >= 15 is 0 Å². The first-order chi connectivity index (χ1) is 13.7. The number of benzene rings is 2. The van der Waals surface area contributed by atoms with E-state index in [0.29, 0.717) is 3.82 Å². The maximum absolute atomic E-state index is 13.0. The van der Waals surface area contributed by atoms with Gasteiger partial charge in [-0.1, -0.05) is 18.2 Å². The normalized spacial score (nSPS) is 15.6. The molecule has 0 amide bonds. The van der Waals surface area contributed by atoms with Crippen LogP contribution in [0.25, 0.3) is 0 Å². The molecule has 1 aliphatic heterocycles. The SMILES string of the molecule is CS(=O)(=O)Nc1ccc(N2CCCNCC2)cc1N(Cl)S(=O)(=O)c1ccccc1. The van der Waals surface area contributed by atoms with Crippen LogP contribution in [0, 0.1) is 0 Å². The van der Waals surface area contributed by atoms with Crippen LogP contribution in [0.3, 0.4) is 0 Å². The average molecular weight is 459 g/mol. The smallest absolute Gasteiger partial charge is 0.278 e. The summed E-state index contributed by atoms with van der Waals surface area (Å²) in [5.74, 6) is 0. The first-order valence-corrected chi connectivity index (χ1v) is 12.7. The van der Waals surface area contributed by atoms with Gasteiger partial charge in [-0.2, -0.15) is 12.2 Å². The molecule has 0 atom stereocenters. The van der Waals surface area contributed by atoms with Gasteiger partial charge in [-0.25, -0.2) is 8.42 Å². The van der Waals surface area contributed by atoms with Crippen LogP contribution in [0.15, 0.2) is 53.4 Å². The van der Waals surface area contributed by atoms with Crippen LogP contribution >= 0.6 is 11.8 Å². The van der Waals surface area contributed by atoms with Gasteiger partial charge < -0.3 is 10.2 Å². The number of anilines is 3. The molecule has 3 rings (SSSR count). The number of halogens is 1. The van der Waals surface area contributed by atoms with Crippen molar-refractivity contribution < 1.29 is 16.8 Å². The molecule has 0 spiro atoms. The largest absolute Gasteiger partial charge is 0.370 e. The summed E-state index contributed by atoms with van der Waals surface area (Å²) in [7, 11) is -7.73. The zero-order chi connectivity index (χ0) is 21.1. The van der Waals surface area contributed by atoms with Crippen LogP contribution in [-0.4, -0.2) is 49.3 Å². The zero-order valence-corrected chi connectivity index (χ0v) is 18.3. The van der Waals surface area contributed by atoms with Gasteiger partial charge in [-0.3, -0.25) is 4.72 Å². The Balaban J connectivity index is 2.06. The fourth-order valence-electron chi connectivity index (χ4n) is 3.07. The van der Waals surface area contributed by atoms with Crippen molar-refractivity contribution in [3.63, 3.8) is 0 Å². The third-order valence-corrected chi connectivity index (χ3v) is 7.23. The summed E-state index contributed by atoms with van der Waals surface area (Å²) < 4.78 is 52.5. The molecule has 0 aliphatic carbocycles. The Morgan fingerprint density at radius 3 is 2.45 bits per heavy atom. The Bertz CT molecular complexity index is 1050. The van der Waals surface area contributed by atoms with Gasteiger partial charge in [-0.15, -0.1) is 0 Å². The second-order valence-corrected chi connectivity index (χ2v) is 10.8. The van der Waals surface area contributed by atoms with E-state index in [4.69, 9.17) is 11.8 Å². The lowest BCUT2D eigenvalue weighted by Crippen LogP contribution is -2.28. The molecule has 1 heterocycles.